The molecule has 0 unspecified atom stereocenters. The molecule has 2 aromatic heterocycles. The fourth-order valence-corrected chi connectivity index (χ4v) is 4.43. The van der Waals surface area contributed by atoms with Crippen molar-refractivity contribution in [2.24, 2.45) is 0 Å². The summed E-state index contributed by atoms with van der Waals surface area (Å²) in [5, 5.41) is 18.8. The van der Waals surface area contributed by atoms with Crippen molar-refractivity contribution in [2.45, 2.75) is 27.7 Å². The van der Waals surface area contributed by atoms with Gasteiger partial charge in [-0.25, -0.2) is 4.98 Å². The minimum absolute atomic E-state index is 0.0354. The minimum atomic E-state index is -1.62. The predicted molar refractivity (Wildman–Crippen MR) is 183 cm³/mol. The fourth-order valence-electron chi connectivity index (χ4n) is 4.32. The number of methoxy groups -OCH3 is 2. The lowest BCUT2D eigenvalue weighted by Gasteiger charge is -2.20. The highest BCUT2D eigenvalue weighted by molar-refractivity contribution is 6.60. The van der Waals surface area contributed by atoms with E-state index in [9.17, 15) is 9.59 Å². The number of hydrogen-bond acceptors (Lipinski definition) is 8. The zero-order valence-electron chi connectivity index (χ0n) is 27.2. The van der Waals surface area contributed by atoms with Crippen LogP contribution in [0.25, 0.3) is 11.3 Å². The van der Waals surface area contributed by atoms with Crippen LogP contribution >= 0.6 is 11.6 Å². The van der Waals surface area contributed by atoms with Crippen LogP contribution in [0.2, 0.25) is 5.15 Å². The molecule has 0 spiro atoms. The number of rotatable bonds is 10. The topological polar surface area (TPSA) is 125 Å². The number of carbonyl (C=O) groups excluding carboxylic acids is 2. The Bertz CT molecular complexity index is 1500. The first kappa shape index (κ1) is 37.7. The number of carbonyl (C=O) groups is 2. The van der Waals surface area contributed by atoms with Crippen LogP contribution < -0.4 is 14.9 Å². The third-order valence-corrected chi connectivity index (χ3v) is 7.14. The lowest BCUT2D eigenvalue weighted by molar-refractivity contribution is 0.0766. The van der Waals surface area contributed by atoms with Crippen molar-refractivity contribution in [3.63, 3.8) is 0 Å². The van der Waals surface area contributed by atoms with Gasteiger partial charge < -0.3 is 29.3 Å². The number of halogens is 1. The van der Waals surface area contributed by atoms with Gasteiger partial charge in [0.15, 0.2) is 0 Å². The van der Waals surface area contributed by atoms with Crippen molar-refractivity contribution in [2.75, 3.05) is 40.4 Å². The molecule has 0 fully saturated rings. The van der Waals surface area contributed by atoms with Crippen LogP contribution in [0.4, 0.5) is 0 Å². The number of benzene rings is 2. The SMILES string of the molecule is CCN(CC)C(=O)c1ccccc1-c1ccc(OC)cn1.CCN(CC)C(=O)c1ccccc1B(O)O.COc1ccc(Cl)nc1. The number of hydrogen-bond donors (Lipinski definition) is 2. The van der Waals surface area contributed by atoms with Gasteiger partial charge in [0.2, 0.25) is 0 Å². The molecule has 12 heteroatoms. The predicted octanol–water partition coefficient (Wildman–Crippen LogP) is 4.83. The Balaban J connectivity index is 0.000000260. The highest BCUT2D eigenvalue weighted by Crippen LogP contribution is 2.24. The number of ether oxygens (including phenoxy) is 2. The minimum Gasteiger partial charge on any atom is -0.495 e. The molecule has 2 heterocycles. The third kappa shape index (κ3) is 10.9. The fraction of sp³-hybridized carbons (Fsp3) is 0.294. The monoisotopic (exact) mass is 648 g/mol. The zero-order valence-corrected chi connectivity index (χ0v) is 27.9. The summed E-state index contributed by atoms with van der Waals surface area (Å²) in [6.07, 6.45) is 3.23. The summed E-state index contributed by atoms with van der Waals surface area (Å²) in [6, 6.07) is 21.3. The van der Waals surface area contributed by atoms with Gasteiger partial charge >= 0.3 is 7.12 Å². The highest BCUT2D eigenvalue weighted by atomic mass is 35.5. The van der Waals surface area contributed by atoms with Gasteiger partial charge in [-0.15, -0.1) is 0 Å². The number of aromatic nitrogens is 2. The second kappa shape index (κ2) is 19.8. The van der Waals surface area contributed by atoms with Crippen LogP contribution in [0.15, 0.2) is 85.2 Å². The van der Waals surface area contributed by atoms with Crippen molar-refractivity contribution in [1.82, 2.24) is 19.8 Å². The molecular formula is C34H42BClN4O6. The van der Waals surface area contributed by atoms with Crippen LogP contribution in [-0.4, -0.2) is 89.1 Å². The molecule has 0 aliphatic carbocycles. The Kier molecular flexibility index (Phi) is 16.3. The summed E-state index contributed by atoms with van der Waals surface area (Å²) in [5.74, 6) is 1.28. The Morgan fingerprint density at radius 1 is 0.696 bits per heavy atom. The Hall–Kier alpha value is -4.45. The van der Waals surface area contributed by atoms with Gasteiger partial charge in [0.25, 0.3) is 11.8 Å². The van der Waals surface area contributed by atoms with Gasteiger partial charge in [0, 0.05) is 42.9 Å². The van der Waals surface area contributed by atoms with Gasteiger partial charge in [-0.05, 0) is 69.6 Å². The smallest absolute Gasteiger partial charge is 0.489 e. The normalized spacial score (nSPS) is 9.93. The molecule has 4 rings (SSSR count). The molecule has 2 aromatic carbocycles. The molecule has 0 radical (unpaired) electrons. The van der Waals surface area contributed by atoms with Crippen molar-refractivity contribution < 1.29 is 29.1 Å². The van der Waals surface area contributed by atoms with Crippen molar-refractivity contribution in [3.05, 3.63) is 101 Å². The van der Waals surface area contributed by atoms with Gasteiger partial charge in [-0.2, -0.15) is 0 Å². The van der Waals surface area contributed by atoms with E-state index in [0.29, 0.717) is 48.2 Å². The maximum Gasteiger partial charge on any atom is 0.489 e. The van der Waals surface area contributed by atoms with Gasteiger partial charge in [-0.1, -0.05) is 48.0 Å². The molecule has 2 N–H and O–H groups in total. The molecule has 0 bridgehead atoms. The third-order valence-electron chi connectivity index (χ3n) is 6.91. The lowest BCUT2D eigenvalue weighted by Crippen LogP contribution is -2.40. The molecule has 244 valence electrons. The van der Waals surface area contributed by atoms with E-state index < -0.39 is 7.12 Å². The van der Waals surface area contributed by atoms with Crippen LogP contribution in [0.5, 0.6) is 11.5 Å². The number of nitrogens with zero attached hydrogens (tertiary/aromatic N) is 4. The molecular weight excluding hydrogens is 607 g/mol. The van der Waals surface area contributed by atoms with Gasteiger partial charge in [0.05, 0.1) is 32.3 Å². The molecule has 0 saturated heterocycles. The average Bonchev–Trinajstić information content (AvgIpc) is 3.10. The molecule has 2 amide bonds. The van der Waals surface area contributed by atoms with E-state index in [1.165, 1.54) is 0 Å². The van der Waals surface area contributed by atoms with Crippen LogP contribution in [-0.2, 0) is 0 Å². The average molecular weight is 649 g/mol. The van der Waals surface area contributed by atoms with Crippen molar-refractivity contribution in [3.8, 4) is 22.8 Å². The number of pyridine rings is 2. The molecule has 0 atom stereocenters. The summed E-state index contributed by atoms with van der Waals surface area (Å²) in [6.45, 7) is 10.3. The highest BCUT2D eigenvalue weighted by Gasteiger charge is 2.22. The Labute approximate surface area is 276 Å². The molecule has 10 nitrogen and oxygen atoms in total. The van der Waals surface area contributed by atoms with E-state index in [1.807, 2.05) is 69.0 Å². The first-order chi connectivity index (χ1) is 22.1. The molecule has 0 aliphatic rings. The van der Waals surface area contributed by atoms with Crippen LogP contribution in [0.1, 0.15) is 48.4 Å². The first-order valence-electron chi connectivity index (χ1n) is 14.9. The summed E-state index contributed by atoms with van der Waals surface area (Å²) in [7, 11) is 1.58. The van der Waals surface area contributed by atoms with Crippen molar-refractivity contribution >= 4 is 36.0 Å². The van der Waals surface area contributed by atoms with Gasteiger partial charge in [-0.3, -0.25) is 14.6 Å². The lowest BCUT2D eigenvalue weighted by atomic mass is 9.77. The molecule has 0 saturated carbocycles. The Morgan fingerprint density at radius 3 is 1.63 bits per heavy atom. The largest absolute Gasteiger partial charge is 0.495 e. The molecule has 4 aromatic rings. The molecule has 46 heavy (non-hydrogen) atoms. The van der Waals surface area contributed by atoms with E-state index in [0.717, 1.165) is 17.0 Å². The maximum absolute atomic E-state index is 12.6. The number of amides is 2. The second-order valence-corrected chi connectivity index (χ2v) is 9.95. The summed E-state index contributed by atoms with van der Waals surface area (Å²) in [4.78, 5) is 36.3. The van der Waals surface area contributed by atoms with E-state index in [-0.39, 0.29) is 17.3 Å². The summed E-state index contributed by atoms with van der Waals surface area (Å²) < 4.78 is 9.97. The van der Waals surface area contributed by atoms with E-state index in [2.05, 4.69) is 9.97 Å². The quantitative estimate of drug-likeness (QED) is 0.185. The van der Waals surface area contributed by atoms with E-state index in [1.54, 1.807) is 67.9 Å². The molecule has 0 aliphatic heterocycles. The second-order valence-electron chi connectivity index (χ2n) is 9.57. The first-order valence-corrected chi connectivity index (χ1v) is 15.3. The Morgan fingerprint density at radius 2 is 1.17 bits per heavy atom. The van der Waals surface area contributed by atoms with Crippen molar-refractivity contribution in [1.29, 1.82) is 0 Å². The van der Waals surface area contributed by atoms with Crippen LogP contribution in [0.3, 0.4) is 0 Å². The summed E-state index contributed by atoms with van der Waals surface area (Å²) in [5.41, 5.74) is 2.89. The van der Waals surface area contributed by atoms with Crippen LogP contribution in [0, 0.1) is 0 Å². The maximum atomic E-state index is 12.6. The summed E-state index contributed by atoms with van der Waals surface area (Å²) >= 11 is 5.50. The zero-order chi connectivity index (χ0) is 34.1. The van der Waals surface area contributed by atoms with E-state index in [4.69, 9.17) is 31.1 Å². The van der Waals surface area contributed by atoms with Gasteiger partial charge in [0.1, 0.15) is 16.7 Å². The standard InChI is InChI=1S/C17H20N2O2.C11H16BNO3.C6H6ClNO/c1-4-19(5-2)17(20)15-9-7-6-8-14(15)16-11-10-13(21-3)12-18-16;1-3-13(4-2)11(14)9-7-5-6-8-10(9)12(15)16;1-9-5-2-3-6(7)8-4-5/h6-12H,4-5H2,1-3H3;5-8,15-16H,3-4H2,1-2H3;2-4H,1H3. The van der Waals surface area contributed by atoms with E-state index >= 15 is 0 Å².